The summed E-state index contributed by atoms with van der Waals surface area (Å²) in [6.07, 6.45) is 1.85. The Kier molecular flexibility index (Phi) is 5.89. The van der Waals surface area contributed by atoms with E-state index in [4.69, 9.17) is 4.74 Å². The van der Waals surface area contributed by atoms with Gasteiger partial charge in [0.1, 0.15) is 11.6 Å². The van der Waals surface area contributed by atoms with Gasteiger partial charge < -0.3 is 4.74 Å². The zero-order valence-corrected chi connectivity index (χ0v) is 16.6. The van der Waals surface area contributed by atoms with Gasteiger partial charge >= 0.3 is 0 Å². The van der Waals surface area contributed by atoms with E-state index in [1.165, 1.54) is 47.4 Å². The summed E-state index contributed by atoms with van der Waals surface area (Å²) in [7, 11) is 0. The van der Waals surface area contributed by atoms with Gasteiger partial charge in [0.15, 0.2) is 5.13 Å². The van der Waals surface area contributed by atoms with Gasteiger partial charge in [-0.1, -0.05) is 11.3 Å². The summed E-state index contributed by atoms with van der Waals surface area (Å²) in [4.78, 5) is 20.0. The van der Waals surface area contributed by atoms with Crippen LogP contribution in [0.1, 0.15) is 12.8 Å². The van der Waals surface area contributed by atoms with Gasteiger partial charge in [-0.05, 0) is 55.3 Å². The Morgan fingerprint density at radius 1 is 1.21 bits per heavy atom. The smallest absolute Gasteiger partial charge is 0.239 e. The van der Waals surface area contributed by atoms with Gasteiger partial charge in [0.2, 0.25) is 5.91 Å². The van der Waals surface area contributed by atoms with Crippen molar-refractivity contribution in [1.29, 1.82) is 0 Å². The number of thioether (sulfide) groups is 1. The highest BCUT2D eigenvalue weighted by atomic mass is 32.2. The number of thiazole rings is 1. The Bertz CT molecular complexity index is 972. The number of anilines is 1. The van der Waals surface area contributed by atoms with Crippen molar-refractivity contribution in [3.63, 3.8) is 0 Å². The number of ether oxygens (including phenoxy) is 1. The van der Waals surface area contributed by atoms with Crippen molar-refractivity contribution in [2.75, 3.05) is 23.8 Å². The minimum absolute atomic E-state index is 0.0245. The molecule has 1 aromatic heterocycles. The van der Waals surface area contributed by atoms with Crippen LogP contribution in [-0.4, -0.2) is 35.9 Å². The average Bonchev–Trinajstić information content (AvgIpc) is 3.34. The van der Waals surface area contributed by atoms with Crippen molar-refractivity contribution >= 4 is 44.4 Å². The predicted molar refractivity (Wildman–Crippen MR) is 108 cm³/mol. The summed E-state index contributed by atoms with van der Waals surface area (Å²) in [5, 5.41) is 0.542. The monoisotopic (exact) mass is 420 g/mol. The highest BCUT2D eigenvalue weighted by Crippen LogP contribution is 2.31. The molecule has 0 bridgehead atoms. The lowest BCUT2D eigenvalue weighted by molar-refractivity contribution is -0.116. The first-order chi connectivity index (χ1) is 13.6. The lowest BCUT2D eigenvalue weighted by Gasteiger charge is -2.23. The fraction of sp³-hybridized carbons (Fsp3) is 0.300. The largest absolute Gasteiger partial charge is 0.376 e. The van der Waals surface area contributed by atoms with Crippen LogP contribution >= 0.6 is 23.1 Å². The third-order valence-electron chi connectivity index (χ3n) is 4.46. The van der Waals surface area contributed by atoms with E-state index in [9.17, 15) is 13.6 Å². The van der Waals surface area contributed by atoms with Crippen LogP contribution in [-0.2, 0) is 9.53 Å². The van der Waals surface area contributed by atoms with Crippen LogP contribution in [0.4, 0.5) is 13.9 Å². The molecule has 3 aromatic rings. The number of hydrogen-bond donors (Lipinski definition) is 0. The predicted octanol–water partition coefficient (Wildman–Crippen LogP) is 4.88. The molecule has 1 atom stereocenters. The van der Waals surface area contributed by atoms with E-state index < -0.39 is 0 Å². The Hall–Kier alpha value is -2.03. The third-order valence-corrected chi connectivity index (χ3v) is 6.50. The number of rotatable bonds is 6. The van der Waals surface area contributed by atoms with Crippen LogP contribution in [0.3, 0.4) is 0 Å². The third kappa shape index (κ3) is 4.51. The minimum atomic E-state index is -0.327. The van der Waals surface area contributed by atoms with Crippen LogP contribution in [0, 0.1) is 11.6 Å². The zero-order valence-electron chi connectivity index (χ0n) is 14.9. The number of nitrogens with zero attached hydrogens (tertiary/aromatic N) is 2. The Morgan fingerprint density at radius 2 is 2.00 bits per heavy atom. The van der Waals surface area contributed by atoms with Gasteiger partial charge in [0, 0.05) is 11.5 Å². The molecule has 1 amide bonds. The van der Waals surface area contributed by atoms with Gasteiger partial charge in [-0.2, -0.15) is 0 Å². The summed E-state index contributed by atoms with van der Waals surface area (Å²) < 4.78 is 33.0. The van der Waals surface area contributed by atoms with E-state index in [2.05, 4.69) is 4.98 Å². The molecule has 1 unspecified atom stereocenters. The number of halogens is 2. The van der Waals surface area contributed by atoms with Crippen LogP contribution < -0.4 is 4.90 Å². The zero-order chi connectivity index (χ0) is 19.5. The summed E-state index contributed by atoms with van der Waals surface area (Å²) >= 11 is 2.64. The van der Waals surface area contributed by atoms with Crippen molar-refractivity contribution in [2.24, 2.45) is 0 Å². The van der Waals surface area contributed by atoms with Crippen molar-refractivity contribution in [2.45, 2.75) is 23.8 Å². The van der Waals surface area contributed by atoms with Crippen LogP contribution in [0.15, 0.2) is 47.4 Å². The summed E-state index contributed by atoms with van der Waals surface area (Å²) in [6, 6.07) is 10.5. The maximum atomic E-state index is 13.5. The highest BCUT2D eigenvalue weighted by molar-refractivity contribution is 8.00. The van der Waals surface area contributed by atoms with Crippen LogP contribution in [0.25, 0.3) is 10.2 Å². The number of benzene rings is 2. The Labute approximate surface area is 169 Å². The molecule has 1 saturated heterocycles. The molecule has 0 N–H and O–H groups in total. The molecule has 1 aliphatic heterocycles. The number of carbonyl (C=O) groups excluding carboxylic acids is 1. The Balaban J connectivity index is 1.54. The highest BCUT2D eigenvalue weighted by Gasteiger charge is 2.26. The second-order valence-corrected chi connectivity index (χ2v) is 8.55. The average molecular weight is 421 g/mol. The quantitative estimate of drug-likeness (QED) is 0.533. The fourth-order valence-corrected chi connectivity index (χ4v) is 4.83. The molecule has 0 aliphatic carbocycles. The van der Waals surface area contributed by atoms with Crippen molar-refractivity contribution in [3.8, 4) is 0 Å². The SMILES string of the molecule is O=C(CSc1ccc(F)cc1)N(CC1CCCO1)c1nc2ccc(F)cc2s1. The first-order valence-corrected chi connectivity index (χ1v) is 10.7. The van der Waals surface area contributed by atoms with E-state index in [1.807, 2.05) is 0 Å². The summed E-state index contributed by atoms with van der Waals surface area (Å²) in [5.74, 6) is -0.545. The lowest BCUT2D eigenvalue weighted by Crippen LogP contribution is -2.38. The molecule has 28 heavy (non-hydrogen) atoms. The second-order valence-electron chi connectivity index (χ2n) is 6.49. The standard InChI is InChI=1S/C20H18F2N2O2S2/c21-13-3-6-16(7-4-13)27-12-19(25)24(11-15-2-1-9-26-15)20-23-17-8-5-14(22)10-18(17)28-20/h3-8,10,15H,1-2,9,11-12H2. The van der Waals surface area contributed by atoms with Gasteiger partial charge in [0.05, 0.1) is 28.6 Å². The van der Waals surface area contributed by atoms with Crippen LogP contribution in [0.5, 0.6) is 0 Å². The lowest BCUT2D eigenvalue weighted by atomic mass is 10.2. The van der Waals surface area contributed by atoms with Gasteiger partial charge in [-0.3, -0.25) is 9.69 Å². The minimum Gasteiger partial charge on any atom is -0.376 e. The van der Waals surface area contributed by atoms with Crippen LogP contribution in [0.2, 0.25) is 0 Å². The molecule has 0 saturated carbocycles. The van der Waals surface area contributed by atoms with E-state index in [-0.39, 0.29) is 29.4 Å². The first kappa shape index (κ1) is 19.3. The van der Waals surface area contributed by atoms with Crippen molar-refractivity contribution in [3.05, 3.63) is 54.1 Å². The number of fused-ring (bicyclic) bond motifs is 1. The normalized spacial score (nSPS) is 16.6. The molecule has 146 valence electrons. The molecule has 0 spiro atoms. The number of carbonyl (C=O) groups is 1. The van der Waals surface area contributed by atoms with Gasteiger partial charge in [0.25, 0.3) is 0 Å². The molecular formula is C20H18F2N2O2S2. The topological polar surface area (TPSA) is 42.4 Å². The molecule has 2 heterocycles. The number of aromatic nitrogens is 1. The molecule has 4 rings (SSSR count). The number of amides is 1. The molecule has 1 aliphatic rings. The molecule has 8 heteroatoms. The molecule has 1 fully saturated rings. The van der Waals surface area contributed by atoms with E-state index in [1.54, 1.807) is 23.1 Å². The molecule has 2 aromatic carbocycles. The van der Waals surface area contributed by atoms with E-state index >= 15 is 0 Å². The molecule has 0 radical (unpaired) electrons. The van der Waals surface area contributed by atoms with E-state index in [0.717, 1.165) is 17.7 Å². The maximum Gasteiger partial charge on any atom is 0.239 e. The summed E-state index contributed by atoms with van der Waals surface area (Å²) in [6.45, 7) is 1.12. The van der Waals surface area contributed by atoms with E-state index in [0.29, 0.717) is 28.5 Å². The fourth-order valence-electron chi connectivity index (χ4n) is 3.03. The Morgan fingerprint density at radius 3 is 2.75 bits per heavy atom. The molecular weight excluding hydrogens is 402 g/mol. The summed E-state index contributed by atoms with van der Waals surface area (Å²) in [5.41, 5.74) is 0.665. The van der Waals surface area contributed by atoms with Crippen molar-refractivity contribution < 1.29 is 18.3 Å². The molecule has 4 nitrogen and oxygen atoms in total. The number of hydrogen-bond acceptors (Lipinski definition) is 5. The maximum absolute atomic E-state index is 13.5. The first-order valence-electron chi connectivity index (χ1n) is 8.95. The van der Waals surface area contributed by atoms with Gasteiger partial charge in [-0.15, -0.1) is 11.8 Å². The second kappa shape index (κ2) is 8.55. The van der Waals surface area contributed by atoms with Gasteiger partial charge in [-0.25, -0.2) is 13.8 Å². The van der Waals surface area contributed by atoms with Crippen molar-refractivity contribution in [1.82, 2.24) is 4.98 Å².